The van der Waals surface area contributed by atoms with E-state index in [1.807, 2.05) is 17.5 Å². The Morgan fingerprint density at radius 3 is 3.00 bits per heavy atom. The largest absolute Gasteiger partial charge is 0.365 e. The quantitative estimate of drug-likeness (QED) is 0.448. The zero-order valence-electron chi connectivity index (χ0n) is 10.6. The number of nitro groups is 1. The van der Waals surface area contributed by atoms with Crippen LogP contribution in [0.15, 0.2) is 35.7 Å². The summed E-state index contributed by atoms with van der Waals surface area (Å²) in [6.45, 7) is 0.417. The number of anilines is 1. The number of nitrogens with zero attached hydrogens (tertiary/aromatic N) is 3. The number of hydrogen-bond donors (Lipinski definition) is 1. The second-order valence-corrected chi connectivity index (χ2v) is 5.49. The molecular weight excluding hydrogens is 312 g/mol. The van der Waals surface area contributed by atoms with E-state index in [4.69, 9.17) is 11.6 Å². The third kappa shape index (κ3) is 2.93. The molecule has 106 valence electrons. The van der Waals surface area contributed by atoms with E-state index in [2.05, 4.69) is 15.3 Å². The molecule has 0 aliphatic heterocycles. The fraction of sp³-hybridized carbons (Fsp3) is 0.0769. The zero-order chi connectivity index (χ0) is 14.8. The number of nitro benzene ring substituents is 1. The van der Waals surface area contributed by atoms with Gasteiger partial charge in [-0.25, -0.2) is 9.97 Å². The molecular formula is C13H9ClN4O2S. The van der Waals surface area contributed by atoms with Crippen LogP contribution in [0.4, 0.5) is 11.5 Å². The van der Waals surface area contributed by atoms with Gasteiger partial charge in [0.15, 0.2) is 0 Å². The van der Waals surface area contributed by atoms with Crippen molar-refractivity contribution in [1.82, 2.24) is 9.97 Å². The number of hydrogen-bond acceptors (Lipinski definition) is 6. The lowest BCUT2D eigenvalue weighted by molar-refractivity contribution is -0.384. The third-order valence-electron chi connectivity index (χ3n) is 2.88. The SMILES string of the molecule is O=[N+]([O-])c1cccc(CNc2nc(Cl)nc3sccc23)c1. The Morgan fingerprint density at radius 1 is 1.33 bits per heavy atom. The van der Waals surface area contributed by atoms with E-state index in [1.165, 1.54) is 23.5 Å². The normalized spacial score (nSPS) is 10.7. The highest BCUT2D eigenvalue weighted by Crippen LogP contribution is 2.26. The maximum atomic E-state index is 10.8. The summed E-state index contributed by atoms with van der Waals surface area (Å²) in [5.41, 5.74) is 0.859. The molecule has 0 radical (unpaired) electrons. The Labute approximate surface area is 128 Å². The molecule has 2 aromatic heterocycles. The van der Waals surface area contributed by atoms with E-state index in [0.29, 0.717) is 12.4 Å². The predicted molar refractivity (Wildman–Crippen MR) is 82.8 cm³/mol. The van der Waals surface area contributed by atoms with Crippen LogP contribution in [0.3, 0.4) is 0 Å². The van der Waals surface area contributed by atoms with Gasteiger partial charge in [0.05, 0.1) is 10.3 Å². The van der Waals surface area contributed by atoms with Gasteiger partial charge in [0, 0.05) is 18.7 Å². The molecule has 1 N–H and O–H groups in total. The number of rotatable bonds is 4. The molecule has 0 aliphatic rings. The van der Waals surface area contributed by atoms with E-state index in [9.17, 15) is 10.1 Å². The van der Waals surface area contributed by atoms with Gasteiger partial charge in [-0.05, 0) is 28.6 Å². The smallest absolute Gasteiger partial charge is 0.269 e. The Kier molecular flexibility index (Phi) is 3.68. The Morgan fingerprint density at radius 2 is 2.19 bits per heavy atom. The van der Waals surface area contributed by atoms with Crippen molar-refractivity contribution >= 4 is 44.7 Å². The molecule has 8 heteroatoms. The molecule has 0 bridgehead atoms. The van der Waals surface area contributed by atoms with E-state index in [-0.39, 0.29) is 11.0 Å². The van der Waals surface area contributed by atoms with Crippen molar-refractivity contribution in [2.75, 3.05) is 5.32 Å². The topological polar surface area (TPSA) is 81.0 Å². The van der Waals surface area contributed by atoms with Gasteiger partial charge in [-0.1, -0.05) is 12.1 Å². The minimum absolute atomic E-state index is 0.0655. The minimum Gasteiger partial charge on any atom is -0.365 e. The Hall–Kier alpha value is -2.25. The lowest BCUT2D eigenvalue weighted by Crippen LogP contribution is -2.03. The molecule has 6 nitrogen and oxygen atoms in total. The van der Waals surface area contributed by atoms with Crippen LogP contribution in [0.1, 0.15) is 5.56 Å². The van der Waals surface area contributed by atoms with E-state index in [1.54, 1.807) is 6.07 Å². The second kappa shape index (κ2) is 5.63. The first-order chi connectivity index (χ1) is 10.1. The van der Waals surface area contributed by atoms with Crippen LogP contribution in [0.25, 0.3) is 10.2 Å². The molecule has 0 atom stereocenters. The predicted octanol–water partition coefficient (Wildman–Crippen LogP) is 3.87. The summed E-state index contributed by atoms with van der Waals surface area (Å²) < 4.78 is 0. The van der Waals surface area contributed by atoms with Gasteiger partial charge in [0.25, 0.3) is 5.69 Å². The molecule has 0 spiro atoms. The van der Waals surface area contributed by atoms with Crippen LogP contribution in [0.2, 0.25) is 5.28 Å². The molecule has 3 rings (SSSR count). The average Bonchev–Trinajstić information content (AvgIpc) is 2.93. The van der Waals surface area contributed by atoms with Gasteiger partial charge < -0.3 is 5.32 Å². The average molecular weight is 321 g/mol. The zero-order valence-corrected chi connectivity index (χ0v) is 12.2. The van der Waals surface area contributed by atoms with Crippen LogP contribution in [-0.2, 0) is 6.54 Å². The second-order valence-electron chi connectivity index (χ2n) is 4.26. The number of nitrogens with one attached hydrogen (secondary N) is 1. The van der Waals surface area contributed by atoms with E-state index in [0.717, 1.165) is 15.8 Å². The highest BCUT2D eigenvalue weighted by molar-refractivity contribution is 7.16. The summed E-state index contributed by atoms with van der Waals surface area (Å²) in [5, 5.41) is 16.9. The van der Waals surface area contributed by atoms with Crippen LogP contribution in [0, 0.1) is 10.1 Å². The molecule has 0 fully saturated rings. The van der Waals surface area contributed by atoms with Gasteiger partial charge in [-0.2, -0.15) is 0 Å². The first-order valence-corrected chi connectivity index (χ1v) is 7.27. The highest BCUT2D eigenvalue weighted by atomic mass is 35.5. The van der Waals surface area contributed by atoms with Crippen LogP contribution in [-0.4, -0.2) is 14.9 Å². The molecule has 0 saturated carbocycles. The number of fused-ring (bicyclic) bond motifs is 1. The maximum Gasteiger partial charge on any atom is 0.269 e. The maximum absolute atomic E-state index is 10.8. The fourth-order valence-electron chi connectivity index (χ4n) is 1.93. The summed E-state index contributed by atoms with van der Waals surface area (Å²) in [7, 11) is 0. The molecule has 0 unspecified atom stereocenters. The molecule has 2 heterocycles. The first-order valence-electron chi connectivity index (χ1n) is 6.01. The minimum atomic E-state index is -0.415. The number of benzene rings is 1. The van der Waals surface area contributed by atoms with Gasteiger partial charge in [0.1, 0.15) is 10.6 Å². The Balaban J connectivity index is 1.85. The molecule has 0 aliphatic carbocycles. The third-order valence-corrected chi connectivity index (χ3v) is 3.85. The molecule has 3 aromatic rings. The van der Waals surface area contributed by atoms with Crippen LogP contribution >= 0.6 is 22.9 Å². The van der Waals surface area contributed by atoms with Crippen molar-refractivity contribution in [1.29, 1.82) is 0 Å². The summed E-state index contributed by atoms with van der Waals surface area (Å²) in [6.07, 6.45) is 0. The van der Waals surface area contributed by atoms with E-state index >= 15 is 0 Å². The van der Waals surface area contributed by atoms with Crippen molar-refractivity contribution in [3.8, 4) is 0 Å². The summed E-state index contributed by atoms with van der Waals surface area (Å²) in [5.74, 6) is 0.623. The van der Waals surface area contributed by atoms with Crippen LogP contribution < -0.4 is 5.32 Å². The number of halogens is 1. The molecule has 0 saturated heterocycles. The van der Waals surface area contributed by atoms with Crippen LogP contribution in [0.5, 0.6) is 0 Å². The Bertz CT molecular complexity index is 821. The number of thiophene rings is 1. The molecule has 1 aromatic carbocycles. The van der Waals surface area contributed by atoms with Gasteiger partial charge in [-0.15, -0.1) is 11.3 Å². The fourth-order valence-corrected chi connectivity index (χ4v) is 2.91. The standard InChI is InChI=1S/C13H9ClN4O2S/c14-13-16-11(10-4-5-21-12(10)17-13)15-7-8-2-1-3-9(6-8)18(19)20/h1-6H,7H2,(H,15,16,17). The molecule has 21 heavy (non-hydrogen) atoms. The molecule has 0 amide bonds. The van der Waals surface area contributed by atoms with Crippen molar-refractivity contribution in [3.05, 3.63) is 56.7 Å². The lowest BCUT2D eigenvalue weighted by Gasteiger charge is -2.07. The number of aromatic nitrogens is 2. The summed E-state index contributed by atoms with van der Waals surface area (Å²) >= 11 is 7.36. The van der Waals surface area contributed by atoms with Crippen molar-refractivity contribution in [2.45, 2.75) is 6.54 Å². The van der Waals surface area contributed by atoms with E-state index < -0.39 is 4.92 Å². The van der Waals surface area contributed by atoms with Gasteiger partial charge >= 0.3 is 0 Å². The van der Waals surface area contributed by atoms with Gasteiger partial charge in [0.2, 0.25) is 5.28 Å². The monoisotopic (exact) mass is 320 g/mol. The van der Waals surface area contributed by atoms with Crippen molar-refractivity contribution in [3.63, 3.8) is 0 Å². The van der Waals surface area contributed by atoms with Gasteiger partial charge in [-0.3, -0.25) is 10.1 Å². The van der Waals surface area contributed by atoms with Crippen molar-refractivity contribution in [2.24, 2.45) is 0 Å². The number of non-ortho nitro benzene ring substituents is 1. The van der Waals surface area contributed by atoms with Crippen molar-refractivity contribution < 1.29 is 4.92 Å². The summed E-state index contributed by atoms with van der Waals surface area (Å²) in [4.78, 5) is 19.4. The first kappa shape index (κ1) is 13.7. The summed E-state index contributed by atoms with van der Waals surface area (Å²) in [6, 6.07) is 8.37. The lowest BCUT2D eigenvalue weighted by atomic mass is 10.2. The highest BCUT2D eigenvalue weighted by Gasteiger charge is 2.09.